The number of aromatic nitrogens is 3. The van der Waals surface area contributed by atoms with E-state index in [2.05, 4.69) is 15.6 Å². The molecule has 4 rings (SSSR count). The van der Waals surface area contributed by atoms with Crippen molar-refractivity contribution in [3.63, 3.8) is 0 Å². The number of methoxy groups -OCH3 is 1. The molecule has 10 heteroatoms. The van der Waals surface area contributed by atoms with Crippen molar-refractivity contribution in [3.05, 3.63) is 76.7 Å². The number of rotatable bonds is 9. The molecule has 0 radical (unpaired) electrons. The second kappa shape index (κ2) is 10.3. The van der Waals surface area contributed by atoms with Gasteiger partial charge in [-0.25, -0.2) is 9.07 Å². The van der Waals surface area contributed by atoms with Crippen LogP contribution < -0.4 is 10.2 Å². The van der Waals surface area contributed by atoms with Gasteiger partial charge in [-0.1, -0.05) is 29.5 Å². The highest BCUT2D eigenvalue weighted by Gasteiger charge is 2.34. The van der Waals surface area contributed by atoms with Gasteiger partial charge in [-0.2, -0.15) is 0 Å². The second-order valence-electron chi connectivity index (χ2n) is 7.18. The maximum absolute atomic E-state index is 14.2. The zero-order chi connectivity index (χ0) is 23.2. The molecule has 0 fully saturated rings. The molecule has 1 atom stereocenters. The quantitative estimate of drug-likeness (QED) is 0.382. The van der Waals surface area contributed by atoms with Gasteiger partial charge in [0.05, 0.1) is 12.1 Å². The van der Waals surface area contributed by atoms with Gasteiger partial charge in [0.2, 0.25) is 11.8 Å². The van der Waals surface area contributed by atoms with Gasteiger partial charge < -0.3 is 10.1 Å². The Labute approximate surface area is 193 Å². The molecule has 2 aromatic carbocycles. The number of carbonyl (C=O) groups is 2. The van der Waals surface area contributed by atoms with Crippen LogP contribution in [0.25, 0.3) is 11.0 Å². The summed E-state index contributed by atoms with van der Waals surface area (Å²) in [6.45, 7) is 0.419. The third-order valence-electron chi connectivity index (χ3n) is 4.98. The highest BCUT2D eigenvalue weighted by Crippen LogP contribution is 2.31. The van der Waals surface area contributed by atoms with E-state index in [0.29, 0.717) is 22.5 Å². The fourth-order valence-corrected chi connectivity index (χ4v) is 4.31. The van der Waals surface area contributed by atoms with Crippen molar-refractivity contribution >= 4 is 39.9 Å². The Morgan fingerprint density at radius 2 is 2.03 bits per heavy atom. The van der Waals surface area contributed by atoms with Crippen LogP contribution in [-0.4, -0.2) is 47.1 Å². The van der Waals surface area contributed by atoms with Gasteiger partial charge in [-0.05, 0) is 41.8 Å². The summed E-state index contributed by atoms with van der Waals surface area (Å²) in [5.74, 6) is -1.34. The lowest BCUT2D eigenvalue weighted by molar-refractivity contribution is -0.127. The first-order chi connectivity index (χ1) is 16.1. The van der Waals surface area contributed by atoms with Gasteiger partial charge >= 0.3 is 0 Å². The molecule has 1 unspecified atom stereocenters. The third-order valence-corrected chi connectivity index (χ3v) is 5.91. The number of anilines is 1. The van der Waals surface area contributed by atoms with E-state index in [9.17, 15) is 14.0 Å². The maximum Gasteiger partial charge on any atom is 0.249 e. The molecule has 33 heavy (non-hydrogen) atoms. The topological polar surface area (TPSA) is 89.4 Å². The van der Waals surface area contributed by atoms with E-state index in [1.165, 1.54) is 46.2 Å². The zero-order valence-electron chi connectivity index (χ0n) is 17.8. The molecule has 0 spiro atoms. The minimum atomic E-state index is -0.994. The average Bonchev–Trinajstić information content (AvgIpc) is 3.48. The molecule has 0 bridgehead atoms. The summed E-state index contributed by atoms with van der Waals surface area (Å²) in [6, 6.07) is 15.5. The van der Waals surface area contributed by atoms with Crippen molar-refractivity contribution in [2.75, 3.05) is 25.2 Å². The number of benzene rings is 2. The van der Waals surface area contributed by atoms with Crippen LogP contribution in [0.1, 0.15) is 10.9 Å². The first kappa shape index (κ1) is 22.6. The number of nitrogens with one attached hydrogen (secondary N) is 1. The smallest absolute Gasteiger partial charge is 0.249 e. The highest BCUT2D eigenvalue weighted by molar-refractivity contribution is 7.10. The predicted molar refractivity (Wildman–Crippen MR) is 123 cm³/mol. The van der Waals surface area contributed by atoms with Crippen LogP contribution >= 0.6 is 11.3 Å². The van der Waals surface area contributed by atoms with Crippen molar-refractivity contribution in [1.82, 2.24) is 20.3 Å². The lowest BCUT2D eigenvalue weighted by atomic mass is 10.1. The number of ether oxygens (including phenoxy) is 1. The Morgan fingerprint density at radius 1 is 1.18 bits per heavy atom. The van der Waals surface area contributed by atoms with Crippen molar-refractivity contribution in [3.8, 4) is 0 Å². The summed E-state index contributed by atoms with van der Waals surface area (Å²) in [7, 11) is 1.54. The van der Waals surface area contributed by atoms with Crippen LogP contribution in [0, 0.1) is 5.82 Å². The maximum atomic E-state index is 14.2. The predicted octanol–water partition coefficient (Wildman–Crippen LogP) is 3.17. The van der Waals surface area contributed by atoms with E-state index in [0.717, 1.165) is 0 Å². The molecule has 0 saturated carbocycles. The highest BCUT2D eigenvalue weighted by atomic mass is 32.1. The molecule has 0 aliphatic rings. The standard InChI is InChI=1S/C23H22FN5O3S/c1-32-12-11-25-23(31)22(20-10-5-13-33-20)29(17-7-4-6-16(24)14-17)21(30)15-28-19-9-3-2-8-18(19)26-27-28/h2-10,13-14,22H,11-12,15H2,1H3,(H,25,31). The van der Waals surface area contributed by atoms with E-state index in [-0.39, 0.29) is 18.8 Å². The van der Waals surface area contributed by atoms with Crippen molar-refractivity contribution in [1.29, 1.82) is 0 Å². The molecule has 2 amide bonds. The molecule has 2 aromatic heterocycles. The summed E-state index contributed by atoms with van der Waals surface area (Å²) in [5.41, 5.74) is 1.60. The second-order valence-corrected chi connectivity index (χ2v) is 8.16. The Hall–Kier alpha value is -3.63. The molecule has 170 valence electrons. The van der Waals surface area contributed by atoms with Crippen LogP contribution in [-0.2, 0) is 20.9 Å². The lowest BCUT2D eigenvalue weighted by Gasteiger charge is -2.30. The Kier molecular flexibility index (Phi) is 7.06. The van der Waals surface area contributed by atoms with Gasteiger partial charge in [0.15, 0.2) is 0 Å². The molecule has 1 N–H and O–H groups in total. The van der Waals surface area contributed by atoms with E-state index >= 15 is 0 Å². The van der Waals surface area contributed by atoms with Crippen molar-refractivity contribution in [2.45, 2.75) is 12.6 Å². The monoisotopic (exact) mass is 467 g/mol. The molecule has 2 heterocycles. The summed E-state index contributed by atoms with van der Waals surface area (Å²) in [4.78, 5) is 28.9. The van der Waals surface area contributed by atoms with E-state index < -0.39 is 23.7 Å². The normalized spacial score (nSPS) is 11.9. The van der Waals surface area contributed by atoms with Crippen LogP contribution in [0.15, 0.2) is 66.0 Å². The largest absolute Gasteiger partial charge is 0.383 e. The Bertz CT molecular complexity index is 1240. The van der Waals surface area contributed by atoms with E-state index in [1.807, 2.05) is 23.6 Å². The van der Waals surface area contributed by atoms with Crippen LogP contribution in [0.2, 0.25) is 0 Å². The fraction of sp³-hybridized carbons (Fsp3) is 0.217. The van der Waals surface area contributed by atoms with Gasteiger partial charge in [-0.3, -0.25) is 14.5 Å². The third kappa shape index (κ3) is 5.07. The summed E-state index contributed by atoms with van der Waals surface area (Å²) in [6.07, 6.45) is 0. The summed E-state index contributed by atoms with van der Waals surface area (Å²) < 4.78 is 20.6. The zero-order valence-corrected chi connectivity index (χ0v) is 18.7. The van der Waals surface area contributed by atoms with Gasteiger partial charge in [0.1, 0.15) is 23.9 Å². The number of nitrogens with zero attached hydrogens (tertiary/aromatic N) is 4. The number of hydrogen-bond donors (Lipinski definition) is 1. The van der Waals surface area contributed by atoms with Gasteiger partial charge in [-0.15, -0.1) is 16.4 Å². The molecular formula is C23H22FN5O3S. The van der Waals surface area contributed by atoms with E-state index in [4.69, 9.17) is 4.74 Å². The van der Waals surface area contributed by atoms with Crippen molar-refractivity contribution < 1.29 is 18.7 Å². The number of amides is 2. The molecule has 4 aromatic rings. The number of fused-ring (bicyclic) bond motifs is 1. The Morgan fingerprint density at radius 3 is 2.79 bits per heavy atom. The average molecular weight is 468 g/mol. The first-order valence-electron chi connectivity index (χ1n) is 10.2. The number of hydrogen-bond acceptors (Lipinski definition) is 6. The first-order valence-corrected chi connectivity index (χ1v) is 11.1. The number of halogens is 1. The minimum Gasteiger partial charge on any atom is -0.383 e. The van der Waals surface area contributed by atoms with Crippen molar-refractivity contribution in [2.24, 2.45) is 0 Å². The molecule has 0 aliphatic heterocycles. The van der Waals surface area contributed by atoms with E-state index in [1.54, 1.807) is 24.3 Å². The molecular weight excluding hydrogens is 445 g/mol. The van der Waals surface area contributed by atoms with Gasteiger partial charge in [0, 0.05) is 24.2 Å². The molecule has 0 saturated heterocycles. The summed E-state index contributed by atoms with van der Waals surface area (Å²) in [5, 5.41) is 12.8. The lowest BCUT2D eigenvalue weighted by Crippen LogP contribution is -2.45. The number of thiophene rings is 1. The SMILES string of the molecule is COCCNC(=O)C(c1cccs1)N(C(=O)Cn1nnc2ccccc21)c1cccc(F)c1. The Balaban J connectivity index is 1.74. The van der Waals surface area contributed by atoms with Gasteiger partial charge in [0.25, 0.3) is 0 Å². The van der Waals surface area contributed by atoms with Crippen LogP contribution in [0.5, 0.6) is 0 Å². The molecule has 0 aliphatic carbocycles. The van der Waals surface area contributed by atoms with Crippen LogP contribution in [0.3, 0.4) is 0 Å². The summed E-state index contributed by atoms with van der Waals surface area (Å²) >= 11 is 1.34. The minimum absolute atomic E-state index is 0.176. The fourth-order valence-electron chi connectivity index (χ4n) is 3.49. The number of carbonyl (C=O) groups excluding carboxylic acids is 2. The molecule has 8 nitrogen and oxygen atoms in total. The van der Waals surface area contributed by atoms with Crippen LogP contribution in [0.4, 0.5) is 10.1 Å². The number of para-hydroxylation sites is 1.